The Kier molecular flexibility index (Phi) is 5.31. The first-order valence-electron chi connectivity index (χ1n) is 5.25. The lowest BCUT2D eigenvalue weighted by molar-refractivity contribution is -0.117. The fourth-order valence-corrected chi connectivity index (χ4v) is 1.75. The van der Waals surface area contributed by atoms with Gasteiger partial charge in [-0.2, -0.15) is 0 Å². The van der Waals surface area contributed by atoms with Crippen LogP contribution in [0.15, 0.2) is 22.7 Å². The minimum atomic E-state index is -1.10. The number of benzene rings is 1. The van der Waals surface area contributed by atoms with Gasteiger partial charge in [-0.05, 0) is 18.2 Å². The van der Waals surface area contributed by atoms with E-state index in [1.807, 2.05) is 0 Å². The maximum Gasteiger partial charge on any atom is 0.335 e. The Labute approximate surface area is 117 Å². The van der Waals surface area contributed by atoms with E-state index < -0.39 is 17.9 Å². The maximum absolute atomic E-state index is 11.4. The van der Waals surface area contributed by atoms with E-state index >= 15 is 0 Å². The van der Waals surface area contributed by atoms with Gasteiger partial charge in [0.2, 0.25) is 5.91 Å². The molecule has 0 fully saturated rings. The van der Waals surface area contributed by atoms with Crippen LogP contribution >= 0.6 is 15.9 Å². The second-order valence-corrected chi connectivity index (χ2v) is 4.55. The van der Waals surface area contributed by atoms with E-state index in [4.69, 9.17) is 10.8 Å². The van der Waals surface area contributed by atoms with Gasteiger partial charge in [0, 0.05) is 23.1 Å². The summed E-state index contributed by atoms with van der Waals surface area (Å²) in [5, 5.41) is 13.7. The van der Waals surface area contributed by atoms with Crippen molar-refractivity contribution >= 4 is 39.5 Å². The number of amides is 3. The van der Waals surface area contributed by atoms with Crippen molar-refractivity contribution in [1.29, 1.82) is 0 Å². The summed E-state index contributed by atoms with van der Waals surface area (Å²) in [7, 11) is 0. The van der Waals surface area contributed by atoms with Crippen molar-refractivity contribution in [2.45, 2.75) is 6.42 Å². The first-order chi connectivity index (χ1) is 8.88. The minimum absolute atomic E-state index is 0.0340. The van der Waals surface area contributed by atoms with Crippen LogP contribution in [0.4, 0.5) is 10.5 Å². The number of nitrogens with two attached hydrogens (primary N) is 1. The van der Waals surface area contributed by atoms with Gasteiger partial charge in [0.1, 0.15) is 0 Å². The molecule has 0 bridgehead atoms. The van der Waals surface area contributed by atoms with Gasteiger partial charge in [-0.1, -0.05) is 15.9 Å². The Morgan fingerprint density at radius 3 is 2.53 bits per heavy atom. The second-order valence-electron chi connectivity index (χ2n) is 3.63. The third kappa shape index (κ3) is 5.38. The fraction of sp³-hybridized carbons (Fsp3) is 0.182. The zero-order chi connectivity index (χ0) is 14.4. The van der Waals surface area contributed by atoms with E-state index in [1.54, 1.807) is 6.07 Å². The van der Waals surface area contributed by atoms with Crippen LogP contribution in [0.2, 0.25) is 0 Å². The number of urea groups is 1. The molecule has 7 nitrogen and oxygen atoms in total. The lowest BCUT2D eigenvalue weighted by atomic mass is 10.2. The third-order valence-corrected chi connectivity index (χ3v) is 2.52. The Bertz CT molecular complexity index is 519. The van der Waals surface area contributed by atoms with Gasteiger partial charge >= 0.3 is 12.0 Å². The topological polar surface area (TPSA) is 122 Å². The number of anilines is 1. The van der Waals surface area contributed by atoms with Crippen LogP contribution in [-0.2, 0) is 4.79 Å². The molecule has 8 heteroatoms. The van der Waals surface area contributed by atoms with Crippen LogP contribution in [0.3, 0.4) is 0 Å². The number of rotatable bonds is 5. The van der Waals surface area contributed by atoms with Gasteiger partial charge in [-0.3, -0.25) is 4.79 Å². The molecule has 1 rings (SSSR count). The van der Waals surface area contributed by atoms with Gasteiger partial charge < -0.3 is 21.5 Å². The second kappa shape index (κ2) is 6.74. The number of aromatic carboxylic acids is 1. The molecular formula is C11H12BrN3O4. The van der Waals surface area contributed by atoms with Crippen molar-refractivity contribution in [3.05, 3.63) is 28.2 Å². The lowest BCUT2D eigenvalue weighted by Gasteiger charge is -2.08. The number of hydrogen-bond acceptors (Lipinski definition) is 3. The van der Waals surface area contributed by atoms with Crippen LogP contribution in [0.25, 0.3) is 0 Å². The molecule has 0 heterocycles. The minimum Gasteiger partial charge on any atom is -0.478 e. The fourth-order valence-electron chi connectivity index (χ4n) is 1.26. The maximum atomic E-state index is 11.4. The smallest absolute Gasteiger partial charge is 0.335 e. The monoisotopic (exact) mass is 329 g/mol. The van der Waals surface area contributed by atoms with Crippen LogP contribution in [0.5, 0.6) is 0 Å². The summed E-state index contributed by atoms with van der Waals surface area (Å²) in [6.07, 6.45) is 0.0340. The quantitative estimate of drug-likeness (QED) is 0.647. The highest BCUT2D eigenvalue weighted by molar-refractivity contribution is 9.10. The summed E-state index contributed by atoms with van der Waals surface area (Å²) < 4.78 is 0.528. The van der Waals surface area contributed by atoms with E-state index in [2.05, 4.69) is 26.6 Å². The number of carbonyl (C=O) groups is 3. The Morgan fingerprint density at radius 1 is 1.26 bits per heavy atom. The van der Waals surface area contributed by atoms with E-state index in [1.165, 1.54) is 12.1 Å². The highest BCUT2D eigenvalue weighted by Gasteiger charge is 2.08. The molecule has 3 amide bonds. The predicted molar refractivity (Wildman–Crippen MR) is 71.9 cm³/mol. The number of carboxylic acid groups (broad SMARTS) is 1. The van der Waals surface area contributed by atoms with Crippen molar-refractivity contribution in [3.63, 3.8) is 0 Å². The van der Waals surface area contributed by atoms with Crippen LogP contribution in [-0.4, -0.2) is 29.6 Å². The largest absolute Gasteiger partial charge is 0.478 e. The number of primary amides is 1. The number of carbonyl (C=O) groups excluding carboxylic acids is 2. The summed E-state index contributed by atoms with van der Waals surface area (Å²) in [5.41, 5.74) is 5.29. The van der Waals surface area contributed by atoms with Crippen LogP contribution < -0.4 is 16.4 Å². The van der Waals surface area contributed by atoms with Crippen LogP contribution in [0, 0.1) is 0 Å². The highest BCUT2D eigenvalue weighted by atomic mass is 79.9. The summed E-state index contributed by atoms with van der Waals surface area (Å²) in [4.78, 5) is 32.8. The van der Waals surface area contributed by atoms with E-state index in [9.17, 15) is 14.4 Å². The van der Waals surface area contributed by atoms with E-state index in [0.29, 0.717) is 10.2 Å². The van der Waals surface area contributed by atoms with Crippen molar-refractivity contribution < 1.29 is 19.5 Å². The zero-order valence-electron chi connectivity index (χ0n) is 9.77. The normalized spacial score (nSPS) is 9.74. The Balaban J connectivity index is 2.63. The Morgan fingerprint density at radius 2 is 1.95 bits per heavy atom. The number of carboxylic acids is 1. The molecule has 5 N–H and O–H groups in total. The number of hydrogen-bond donors (Lipinski definition) is 4. The summed E-state index contributed by atoms with van der Waals surface area (Å²) in [5.74, 6) is -1.62. The number of halogens is 1. The molecule has 1 aromatic rings. The average molecular weight is 330 g/mol. The van der Waals surface area contributed by atoms with Crippen LogP contribution in [0.1, 0.15) is 16.8 Å². The highest BCUT2D eigenvalue weighted by Crippen LogP contribution is 2.19. The molecule has 102 valence electrons. The predicted octanol–water partition coefficient (Wildman–Crippen LogP) is 1.14. The molecule has 0 unspecified atom stereocenters. The lowest BCUT2D eigenvalue weighted by Crippen LogP contribution is -2.31. The zero-order valence-corrected chi connectivity index (χ0v) is 11.4. The van der Waals surface area contributed by atoms with E-state index in [-0.39, 0.29) is 18.5 Å². The standard InChI is InChI=1S/C11H12BrN3O4/c12-7-3-6(10(17)18)4-8(5-7)15-11(19)14-2-1-9(13)16/h3-5H,1-2H2,(H2,13,16)(H,17,18)(H2,14,15,19). The van der Waals surface area contributed by atoms with E-state index in [0.717, 1.165) is 0 Å². The van der Waals surface area contributed by atoms with Gasteiger partial charge in [0.25, 0.3) is 0 Å². The van der Waals surface area contributed by atoms with Gasteiger partial charge in [0.15, 0.2) is 0 Å². The molecule has 0 aromatic heterocycles. The molecule has 0 spiro atoms. The van der Waals surface area contributed by atoms with Gasteiger partial charge in [-0.15, -0.1) is 0 Å². The Hall–Kier alpha value is -2.09. The average Bonchev–Trinajstić information content (AvgIpc) is 2.27. The third-order valence-electron chi connectivity index (χ3n) is 2.06. The molecular weight excluding hydrogens is 318 g/mol. The summed E-state index contributed by atoms with van der Waals surface area (Å²) >= 11 is 3.15. The van der Waals surface area contributed by atoms with Gasteiger partial charge in [0.05, 0.1) is 5.56 Å². The molecule has 0 saturated heterocycles. The molecule has 0 radical (unpaired) electrons. The molecule has 0 aliphatic carbocycles. The molecule has 0 aliphatic heterocycles. The van der Waals surface area contributed by atoms with Crippen molar-refractivity contribution in [2.75, 3.05) is 11.9 Å². The summed E-state index contributed by atoms with van der Waals surface area (Å²) in [6, 6.07) is 3.75. The SMILES string of the molecule is NC(=O)CCNC(=O)Nc1cc(Br)cc(C(=O)O)c1. The number of nitrogens with one attached hydrogen (secondary N) is 2. The van der Waals surface area contributed by atoms with Crippen molar-refractivity contribution in [1.82, 2.24) is 5.32 Å². The molecule has 19 heavy (non-hydrogen) atoms. The molecule has 0 saturated carbocycles. The summed E-state index contributed by atoms with van der Waals surface area (Å²) in [6.45, 7) is 0.112. The first kappa shape index (κ1) is 15.0. The van der Waals surface area contributed by atoms with Gasteiger partial charge in [-0.25, -0.2) is 9.59 Å². The van der Waals surface area contributed by atoms with Crippen molar-refractivity contribution in [3.8, 4) is 0 Å². The first-order valence-corrected chi connectivity index (χ1v) is 6.05. The molecule has 0 atom stereocenters. The molecule has 1 aromatic carbocycles. The molecule has 0 aliphatic rings. The van der Waals surface area contributed by atoms with Crippen molar-refractivity contribution in [2.24, 2.45) is 5.73 Å².